The standard InChI is InChI=1S/C9H17NO4/c1-4-6(3)7(11)14-8(10)9(12,13)5-2/h4,8,12-13H,5,10H2,1-3H3. The first-order chi connectivity index (χ1) is 6.35. The topological polar surface area (TPSA) is 92.8 Å². The molecule has 0 rings (SSSR count). The van der Waals surface area contributed by atoms with E-state index in [0.29, 0.717) is 5.57 Å². The number of rotatable bonds is 4. The van der Waals surface area contributed by atoms with Gasteiger partial charge in [-0.1, -0.05) is 13.0 Å². The van der Waals surface area contributed by atoms with E-state index >= 15 is 0 Å². The van der Waals surface area contributed by atoms with Crippen molar-refractivity contribution in [2.24, 2.45) is 5.73 Å². The van der Waals surface area contributed by atoms with Crippen molar-refractivity contribution in [3.63, 3.8) is 0 Å². The second-order valence-electron chi connectivity index (χ2n) is 3.03. The molecule has 82 valence electrons. The van der Waals surface area contributed by atoms with Crippen molar-refractivity contribution in [1.82, 2.24) is 0 Å². The summed E-state index contributed by atoms with van der Waals surface area (Å²) in [5, 5.41) is 18.5. The molecule has 0 aromatic heterocycles. The Balaban J connectivity index is 4.34. The highest BCUT2D eigenvalue weighted by molar-refractivity contribution is 5.87. The highest BCUT2D eigenvalue weighted by atomic mass is 16.6. The number of nitrogens with two attached hydrogens (primary N) is 1. The predicted molar refractivity (Wildman–Crippen MR) is 51.0 cm³/mol. The van der Waals surface area contributed by atoms with E-state index in [0.717, 1.165) is 0 Å². The molecule has 0 aromatic carbocycles. The SMILES string of the molecule is CC=C(C)C(=O)OC(N)C(O)(O)CC. The number of carbonyl (C=O) groups excluding carboxylic acids is 1. The van der Waals surface area contributed by atoms with Crippen LogP contribution in [0, 0.1) is 0 Å². The van der Waals surface area contributed by atoms with Crippen LogP contribution < -0.4 is 5.73 Å². The van der Waals surface area contributed by atoms with Crippen molar-refractivity contribution in [1.29, 1.82) is 0 Å². The molecule has 0 spiro atoms. The van der Waals surface area contributed by atoms with E-state index in [4.69, 9.17) is 5.73 Å². The van der Waals surface area contributed by atoms with Gasteiger partial charge in [-0.15, -0.1) is 0 Å². The van der Waals surface area contributed by atoms with Crippen molar-refractivity contribution in [3.8, 4) is 0 Å². The zero-order valence-corrected chi connectivity index (χ0v) is 8.65. The van der Waals surface area contributed by atoms with Gasteiger partial charge in [0.15, 0.2) is 0 Å². The number of esters is 1. The summed E-state index contributed by atoms with van der Waals surface area (Å²) < 4.78 is 4.63. The molecule has 0 aliphatic heterocycles. The minimum Gasteiger partial charge on any atom is -0.438 e. The largest absolute Gasteiger partial charge is 0.438 e. The van der Waals surface area contributed by atoms with Crippen LogP contribution in [0.5, 0.6) is 0 Å². The van der Waals surface area contributed by atoms with Gasteiger partial charge >= 0.3 is 5.97 Å². The van der Waals surface area contributed by atoms with Crippen LogP contribution in [0.25, 0.3) is 0 Å². The van der Waals surface area contributed by atoms with Crippen molar-refractivity contribution in [3.05, 3.63) is 11.6 Å². The van der Waals surface area contributed by atoms with Crippen LogP contribution in [-0.2, 0) is 9.53 Å². The van der Waals surface area contributed by atoms with Gasteiger partial charge < -0.3 is 14.9 Å². The number of hydrogen-bond donors (Lipinski definition) is 3. The van der Waals surface area contributed by atoms with Crippen molar-refractivity contribution in [2.75, 3.05) is 0 Å². The van der Waals surface area contributed by atoms with Gasteiger partial charge in [-0.05, 0) is 13.8 Å². The van der Waals surface area contributed by atoms with Gasteiger partial charge in [0, 0.05) is 12.0 Å². The van der Waals surface area contributed by atoms with Crippen molar-refractivity contribution in [2.45, 2.75) is 39.2 Å². The third-order valence-electron chi connectivity index (χ3n) is 1.97. The van der Waals surface area contributed by atoms with E-state index in [9.17, 15) is 15.0 Å². The molecule has 4 N–H and O–H groups in total. The Morgan fingerprint density at radius 1 is 1.64 bits per heavy atom. The Kier molecular flexibility index (Phi) is 4.76. The fourth-order valence-electron chi connectivity index (χ4n) is 0.622. The molecule has 0 heterocycles. The van der Waals surface area contributed by atoms with Crippen LogP contribution in [0.2, 0.25) is 0 Å². The minimum absolute atomic E-state index is 0.0175. The lowest BCUT2D eigenvalue weighted by molar-refractivity contribution is -0.234. The Morgan fingerprint density at radius 2 is 2.14 bits per heavy atom. The molecular weight excluding hydrogens is 186 g/mol. The second-order valence-corrected chi connectivity index (χ2v) is 3.03. The van der Waals surface area contributed by atoms with E-state index in [-0.39, 0.29) is 6.42 Å². The summed E-state index contributed by atoms with van der Waals surface area (Å²) in [6.07, 6.45) is 0.100. The number of aliphatic hydroxyl groups is 2. The summed E-state index contributed by atoms with van der Waals surface area (Å²) in [7, 11) is 0. The highest BCUT2D eigenvalue weighted by Gasteiger charge is 2.32. The van der Waals surface area contributed by atoms with Gasteiger partial charge in [0.1, 0.15) is 0 Å². The van der Waals surface area contributed by atoms with Crippen LogP contribution in [0.15, 0.2) is 11.6 Å². The average Bonchev–Trinajstić information content (AvgIpc) is 2.16. The highest BCUT2D eigenvalue weighted by Crippen LogP contribution is 2.11. The van der Waals surface area contributed by atoms with Gasteiger partial charge in [0.2, 0.25) is 12.0 Å². The van der Waals surface area contributed by atoms with E-state index in [1.54, 1.807) is 19.9 Å². The molecule has 0 amide bonds. The first-order valence-corrected chi connectivity index (χ1v) is 4.39. The molecule has 0 saturated carbocycles. The molecule has 1 unspecified atom stereocenters. The first-order valence-electron chi connectivity index (χ1n) is 4.39. The van der Waals surface area contributed by atoms with Crippen LogP contribution in [0.1, 0.15) is 27.2 Å². The quantitative estimate of drug-likeness (QED) is 0.336. The molecule has 14 heavy (non-hydrogen) atoms. The zero-order chi connectivity index (χ0) is 11.4. The molecule has 0 aliphatic carbocycles. The lowest BCUT2D eigenvalue weighted by Gasteiger charge is -2.26. The minimum atomic E-state index is -2.18. The van der Waals surface area contributed by atoms with E-state index in [1.165, 1.54) is 6.92 Å². The molecule has 5 nitrogen and oxygen atoms in total. The fraction of sp³-hybridized carbons (Fsp3) is 0.667. The van der Waals surface area contributed by atoms with Gasteiger partial charge in [-0.3, -0.25) is 5.73 Å². The number of allylic oxidation sites excluding steroid dienone is 1. The van der Waals surface area contributed by atoms with Crippen LogP contribution in [0.3, 0.4) is 0 Å². The third kappa shape index (κ3) is 3.45. The Hall–Kier alpha value is -0.910. The monoisotopic (exact) mass is 203 g/mol. The molecule has 0 radical (unpaired) electrons. The maximum atomic E-state index is 11.2. The zero-order valence-electron chi connectivity index (χ0n) is 8.65. The first kappa shape index (κ1) is 13.1. The second kappa shape index (κ2) is 5.09. The smallest absolute Gasteiger partial charge is 0.335 e. The summed E-state index contributed by atoms with van der Waals surface area (Å²) in [5.74, 6) is -2.83. The van der Waals surface area contributed by atoms with Crippen molar-refractivity contribution >= 4 is 5.97 Å². The molecule has 0 fully saturated rings. The summed E-state index contributed by atoms with van der Waals surface area (Å²) in [4.78, 5) is 11.2. The average molecular weight is 203 g/mol. The molecule has 0 saturated heterocycles. The maximum Gasteiger partial charge on any atom is 0.335 e. The van der Waals surface area contributed by atoms with E-state index < -0.39 is 18.0 Å². The summed E-state index contributed by atoms with van der Waals surface area (Å²) in [6.45, 7) is 4.75. The normalized spacial score (nSPS) is 15.1. The summed E-state index contributed by atoms with van der Waals surface area (Å²) >= 11 is 0. The van der Waals surface area contributed by atoms with Crippen molar-refractivity contribution < 1.29 is 19.7 Å². The van der Waals surface area contributed by atoms with E-state index in [2.05, 4.69) is 4.74 Å². The maximum absolute atomic E-state index is 11.2. The van der Waals surface area contributed by atoms with Crippen LogP contribution >= 0.6 is 0 Å². The number of hydrogen-bond acceptors (Lipinski definition) is 5. The van der Waals surface area contributed by atoms with Gasteiger partial charge in [-0.25, -0.2) is 4.79 Å². The third-order valence-corrected chi connectivity index (χ3v) is 1.97. The molecule has 5 heteroatoms. The van der Waals surface area contributed by atoms with Crippen LogP contribution in [-0.4, -0.2) is 28.2 Å². The predicted octanol–water partition coefficient (Wildman–Crippen LogP) is -0.128. The molecular formula is C9H17NO4. The summed E-state index contributed by atoms with van der Waals surface area (Å²) in [5.41, 5.74) is 5.65. The molecule has 0 aromatic rings. The van der Waals surface area contributed by atoms with Gasteiger partial charge in [-0.2, -0.15) is 0 Å². The summed E-state index contributed by atoms with van der Waals surface area (Å²) in [6, 6.07) is 0. The van der Waals surface area contributed by atoms with Gasteiger partial charge in [0.05, 0.1) is 0 Å². The number of carbonyl (C=O) groups is 1. The fourth-order valence-corrected chi connectivity index (χ4v) is 0.622. The molecule has 1 atom stereocenters. The molecule has 0 bridgehead atoms. The Bertz CT molecular complexity index is 235. The Labute approximate surface area is 83.2 Å². The van der Waals surface area contributed by atoms with E-state index in [1.807, 2.05) is 0 Å². The lowest BCUT2D eigenvalue weighted by atomic mass is 10.2. The van der Waals surface area contributed by atoms with Gasteiger partial charge in [0.25, 0.3) is 0 Å². The number of ether oxygens (including phenoxy) is 1. The molecule has 0 aliphatic rings. The van der Waals surface area contributed by atoms with Crippen LogP contribution in [0.4, 0.5) is 0 Å². The lowest BCUT2D eigenvalue weighted by Crippen LogP contribution is -2.50. The Morgan fingerprint density at radius 3 is 2.50 bits per heavy atom.